The number of rotatable bonds is 4. The number of aliphatic hydroxyl groups is 1. The Balaban J connectivity index is 2.36. The summed E-state index contributed by atoms with van der Waals surface area (Å²) in [6, 6.07) is 3.75. The van der Waals surface area contributed by atoms with E-state index in [1.54, 1.807) is 0 Å². The maximum Gasteiger partial charge on any atom is 0.246 e. The minimum atomic E-state index is -4.13. The smallest absolute Gasteiger partial charge is 0.246 e. The van der Waals surface area contributed by atoms with Gasteiger partial charge in [0.2, 0.25) is 10.0 Å². The molecule has 0 bridgehead atoms. The highest BCUT2D eigenvalue weighted by Crippen LogP contribution is 2.34. The van der Waals surface area contributed by atoms with Crippen LogP contribution in [-0.2, 0) is 10.0 Å². The normalized spacial score (nSPS) is 26.7. The third-order valence-corrected chi connectivity index (χ3v) is 5.68. The Labute approximate surface area is 124 Å². The van der Waals surface area contributed by atoms with E-state index in [9.17, 15) is 17.9 Å². The number of nitrogen functional groups attached to an aromatic ring is 1. The van der Waals surface area contributed by atoms with Gasteiger partial charge < -0.3 is 10.8 Å². The van der Waals surface area contributed by atoms with Gasteiger partial charge in [0.1, 0.15) is 10.7 Å². The molecule has 2 unspecified atom stereocenters. The van der Waals surface area contributed by atoms with Gasteiger partial charge >= 0.3 is 0 Å². The highest BCUT2D eigenvalue weighted by atomic mass is 32.2. The van der Waals surface area contributed by atoms with Crippen LogP contribution in [0.4, 0.5) is 10.1 Å². The van der Waals surface area contributed by atoms with E-state index in [4.69, 9.17) is 5.73 Å². The lowest BCUT2D eigenvalue weighted by Crippen LogP contribution is -2.53. The summed E-state index contributed by atoms with van der Waals surface area (Å²) < 4.78 is 41.3. The fourth-order valence-electron chi connectivity index (χ4n) is 3.07. The predicted octanol–water partition coefficient (Wildman–Crippen LogP) is 1.63. The zero-order valence-corrected chi connectivity index (χ0v) is 12.8. The Morgan fingerprint density at radius 3 is 2.81 bits per heavy atom. The summed E-state index contributed by atoms with van der Waals surface area (Å²) in [4.78, 5) is -0.545. The van der Waals surface area contributed by atoms with Crippen LogP contribution in [0.1, 0.15) is 32.6 Å². The molecule has 7 heteroatoms. The average molecular weight is 316 g/mol. The average Bonchev–Trinajstić information content (AvgIpc) is 2.37. The van der Waals surface area contributed by atoms with E-state index in [0.29, 0.717) is 18.8 Å². The molecular formula is C14H21FN2O3S. The molecule has 0 saturated heterocycles. The zero-order chi connectivity index (χ0) is 15.7. The Hall–Kier alpha value is -1.18. The summed E-state index contributed by atoms with van der Waals surface area (Å²) in [5.41, 5.74) is 4.52. The molecule has 0 aliphatic heterocycles. The van der Waals surface area contributed by atoms with E-state index in [-0.39, 0.29) is 12.3 Å². The predicted molar refractivity (Wildman–Crippen MR) is 78.6 cm³/mol. The van der Waals surface area contributed by atoms with Gasteiger partial charge in [-0.3, -0.25) is 0 Å². The van der Waals surface area contributed by atoms with E-state index < -0.39 is 26.3 Å². The van der Waals surface area contributed by atoms with Crippen molar-refractivity contribution in [1.29, 1.82) is 0 Å². The molecule has 1 aliphatic carbocycles. The molecule has 2 atom stereocenters. The molecule has 4 N–H and O–H groups in total. The number of anilines is 1. The van der Waals surface area contributed by atoms with Crippen LogP contribution in [-0.4, -0.2) is 25.7 Å². The fraction of sp³-hybridized carbons (Fsp3) is 0.571. The lowest BCUT2D eigenvalue weighted by molar-refractivity contribution is 0.119. The van der Waals surface area contributed by atoms with Crippen molar-refractivity contribution in [3.05, 3.63) is 24.0 Å². The largest absolute Gasteiger partial charge is 0.398 e. The van der Waals surface area contributed by atoms with Crippen molar-refractivity contribution in [3.63, 3.8) is 0 Å². The second-order valence-electron chi connectivity index (χ2n) is 5.90. The Kier molecular flexibility index (Phi) is 4.55. The van der Waals surface area contributed by atoms with Gasteiger partial charge in [0.25, 0.3) is 0 Å². The van der Waals surface area contributed by atoms with Gasteiger partial charge in [-0.1, -0.05) is 25.8 Å². The third-order valence-electron chi connectivity index (χ3n) is 4.01. The molecule has 1 aliphatic rings. The number of nitrogens with two attached hydrogens (primary N) is 1. The Morgan fingerprint density at radius 1 is 1.52 bits per heavy atom. The monoisotopic (exact) mass is 316 g/mol. The zero-order valence-electron chi connectivity index (χ0n) is 12.0. The van der Waals surface area contributed by atoms with E-state index in [1.807, 2.05) is 6.92 Å². The van der Waals surface area contributed by atoms with Gasteiger partial charge in [0.15, 0.2) is 0 Å². The molecule has 0 spiro atoms. The van der Waals surface area contributed by atoms with Crippen LogP contribution >= 0.6 is 0 Å². The van der Waals surface area contributed by atoms with Crippen LogP contribution in [0.25, 0.3) is 0 Å². The van der Waals surface area contributed by atoms with Gasteiger partial charge in [0.05, 0.1) is 17.8 Å². The van der Waals surface area contributed by atoms with Gasteiger partial charge in [-0.15, -0.1) is 0 Å². The summed E-state index contributed by atoms with van der Waals surface area (Å²) in [7, 11) is -4.13. The topological polar surface area (TPSA) is 92.4 Å². The Morgan fingerprint density at radius 2 is 2.24 bits per heavy atom. The van der Waals surface area contributed by atoms with Crippen molar-refractivity contribution < 1.29 is 17.9 Å². The number of sulfonamides is 1. The summed E-state index contributed by atoms with van der Waals surface area (Å²) in [5.74, 6) is -0.592. The van der Waals surface area contributed by atoms with Crippen LogP contribution in [0.15, 0.2) is 23.1 Å². The molecule has 0 heterocycles. The maximum absolute atomic E-state index is 13.8. The first-order valence-corrected chi connectivity index (χ1v) is 8.47. The summed E-state index contributed by atoms with van der Waals surface area (Å²) in [6.07, 6.45) is 2.86. The third kappa shape index (κ3) is 3.36. The Bertz CT molecular complexity index is 600. The lowest BCUT2D eigenvalue weighted by Gasteiger charge is -2.39. The SMILES string of the molecule is CC1CCCC(CO)(NS(=O)(=O)c2c(N)cccc2F)C1. The van der Waals surface area contributed by atoms with Crippen molar-refractivity contribution in [3.8, 4) is 0 Å². The number of aliphatic hydroxyl groups excluding tert-OH is 1. The first-order chi connectivity index (χ1) is 9.80. The first-order valence-electron chi connectivity index (χ1n) is 6.98. The van der Waals surface area contributed by atoms with Gasteiger partial charge in [-0.2, -0.15) is 0 Å². The summed E-state index contributed by atoms with van der Waals surface area (Å²) >= 11 is 0. The van der Waals surface area contributed by atoms with Gasteiger partial charge in [-0.05, 0) is 30.9 Å². The molecule has 1 fully saturated rings. The van der Waals surface area contributed by atoms with Crippen LogP contribution in [0, 0.1) is 11.7 Å². The van der Waals surface area contributed by atoms with Crippen molar-refractivity contribution in [1.82, 2.24) is 4.72 Å². The van der Waals surface area contributed by atoms with Gasteiger partial charge in [-0.25, -0.2) is 17.5 Å². The molecule has 1 aromatic rings. The number of halogens is 1. The summed E-state index contributed by atoms with van der Waals surface area (Å²) in [6.45, 7) is 1.69. The van der Waals surface area contributed by atoms with E-state index in [1.165, 1.54) is 12.1 Å². The molecular weight excluding hydrogens is 295 g/mol. The van der Waals surface area contributed by atoms with Crippen molar-refractivity contribution >= 4 is 15.7 Å². The highest BCUT2D eigenvalue weighted by molar-refractivity contribution is 7.89. The quantitative estimate of drug-likeness (QED) is 0.736. The van der Waals surface area contributed by atoms with Crippen LogP contribution in [0.5, 0.6) is 0 Å². The summed E-state index contributed by atoms with van der Waals surface area (Å²) in [5, 5.41) is 9.66. The number of hydrogen-bond acceptors (Lipinski definition) is 4. The van der Waals surface area contributed by atoms with Crippen LogP contribution in [0.2, 0.25) is 0 Å². The number of hydrogen-bond donors (Lipinski definition) is 3. The molecule has 2 rings (SSSR count). The standard InChI is InChI=1S/C14H21FN2O3S/c1-10-4-3-7-14(8-10,9-18)17-21(19,20)13-11(15)5-2-6-12(13)16/h2,5-6,10,17-18H,3-4,7-9,16H2,1H3. The molecule has 0 radical (unpaired) electrons. The first kappa shape index (κ1) is 16.2. The number of benzene rings is 1. The van der Waals surface area contributed by atoms with Crippen LogP contribution < -0.4 is 10.5 Å². The van der Waals surface area contributed by atoms with E-state index in [0.717, 1.165) is 18.9 Å². The van der Waals surface area contributed by atoms with E-state index in [2.05, 4.69) is 4.72 Å². The van der Waals surface area contributed by atoms with Crippen molar-refractivity contribution in [2.75, 3.05) is 12.3 Å². The second kappa shape index (κ2) is 5.90. The minimum absolute atomic E-state index is 0.139. The molecule has 1 saturated carbocycles. The minimum Gasteiger partial charge on any atom is -0.398 e. The van der Waals surface area contributed by atoms with Crippen molar-refractivity contribution in [2.45, 2.75) is 43.0 Å². The maximum atomic E-state index is 13.8. The highest BCUT2D eigenvalue weighted by Gasteiger charge is 2.39. The van der Waals surface area contributed by atoms with E-state index >= 15 is 0 Å². The molecule has 21 heavy (non-hydrogen) atoms. The molecule has 5 nitrogen and oxygen atoms in total. The molecule has 0 aromatic heterocycles. The lowest BCUT2D eigenvalue weighted by atomic mass is 9.78. The molecule has 118 valence electrons. The number of nitrogens with one attached hydrogen (secondary N) is 1. The van der Waals surface area contributed by atoms with Crippen molar-refractivity contribution in [2.24, 2.45) is 5.92 Å². The molecule has 0 amide bonds. The second-order valence-corrected chi connectivity index (χ2v) is 7.52. The van der Waals surface area contributed by atoms with Crippen LogP contribution in [0.3, 0.4) is 0 Å². The van der Waals surface area contributed by atoms with Gasteiger partial charge in [0, 0.05) is 0 Å². The molecule has 1 aromatic carbocycles. The fourth-order valence-corrected chi connectivity index (χ4v) is 4.70.